The van der Waals surface area contributed by atoms with Crippen LogP contribution in [0, 0.1) is 0 Å². The molecule has 0 aliphatic carbocycles. The SMILES string of the molecule is O=C(O)CNC(=O)c1ncc(C(=O)NC(c2ccccc2)c2ccccc2)c(O)n1. The lowest BCUT2D eigenvalue weighted by molar-refractivity contribution is -0.135. The Morgan fingerprint density at radius 1 is 0.900 bits per heavy atom. The summed E-state index contributed by atoms with van der Waals surface area (Å²) in [5.74, 6) is -3.90. The lowest BCUT2D eigenvalue weighted by atomic mass is 9.98. The molecule has 152 valence electrons. The van der Waals surface area contributed by atoms with Crippen molar-refractivity contribution in [3.63, 3.8) is 0 Å². The number of carboxylic acid groups (broad SMARTS) is 1. The highest BCUT2D eigenvalue weighted by atomic mass is 16.4. The summed E-state index contributed by atoms with van der Waals surface area (Å²) in [6, 6.07) is 18.1. The number of carboxylic acids is 1. The van der Waals surface area contributed by atoms with Gasteiger partial charge in [0, 0.05) is 6.20 Å². The summed E-state index contributed by atoms with van der Waals surface area (Å²) in [7, 11) is 0. The molecule has 9 nitrogen and oxygen atoms in total. The first-order chi connectivity index (χ1) is 14.5. The number of hydrogen-bond acceptors (Lipinski definition) is 6. The summed E-state index contributed by atoms with van der Waals surface area (Å²) >= 11 is 0. The van der Waals surface area contributed by atoms with E-state index in [2.05, 4.69) is 20.6 Å². The Kier molecular flexibility index (Phi) is 6.33. The number of benzene rings is 2. The van der Waals surface area contributed by atoms with Crippen LogP contribution in [-0.4, -0.2) is 44.5 Å². The van der Waals surface area contributed by atoms with Crippen LogP contribution < -0.4 is 10.6 Å². The number of aromatic nitrogens is 2. The minimum atomic E-state index is -1.24. The van der Waals surface area contributed by atoms with Crippen molar-refractivity contribution in [1.29, 1.82) is 0 Å². The third-order valence-corrected chi connectivity index (χ3v) is 4.16. The molecular formula is C21H18N4O5. The van der Waals surface area contributed by atoms with Crippen molar-refractivity contribution in [1.82, 2.24) is 20.6 Å². The Bertz CT molecular complexity index is 1020. The minimum absolute atomic E-state index is 0.221. The number of amides is 2. The van der Waals surface area contributed by atoms with Crippen LogP contribution in [0.5, 0.6) is 5.88 Å². The molecule has 0 saturated carbocycles. The number of carbonyl (C=O) groups is 3. The second kappa shape index (κ2) is 9.28. The Hall–Kier alpha value is -4.27. The van der Waals surface area contributed by atoms with Crippen molar-refractivity contribution < 1.29 is 24.6 Å². The van der Waals surface area contributed by atoms with Gasteiger partial charge in [0.15, 0.2) is 0 Å². The Labute approximate surface area is 171 Å². The fourth-order valence-electron chi connectivity index (χ4n) is 2.74. The topological polar surface area (TPSA) is 142 Å². The van der Waals surface area contributed by atoms with Crippen molar-refractivity contribution in [2.75, 3.05) is 6.54 Å². The first kappa shape index (κ1) is 20.5. The average Bonchev–Trinajstić information content (AvgIpc) is 2.76. The van der Waals surface area contributed by atoms with Crippen LogP contribution >= 0.6 is 0 Å². The van der Waals surface area contributed by atoms with Gasteiger partial charge in [0.05, 0.1) is 6.04 Å². The van der Waals surface area contributed by atoms with Crippen molar-refractivity contribution in [3.05, 3.63) is 89.4 Å². The minimum Gasteiger partial charge on any atom is -0.493 e. The normalized spacial score (nSPS) is 10.4. The van der Waals surface area contributed by atoms with Gasteiger partial charge in [0.1, 0.15) is 12.1 Å². The molecule has 0 unspecified atom stereocenters. The van der Waals surface area contributed by atoms with Gasteiger partial charge in [-0.3, -0.25) is 14.4 Å². The van der Waals surface area contributed by atoms with E-state index in [-0.39, 0.29) is 5.56 Å². The molecule has 1 heterocycles. The van der Waals surface area contributed by atoms with E-state index in [1.165, 1.54) is 0 Å². The van der Waals surface area contributed by atoms with Gasteiger partial charge < -0.3 is 20.8 Å². The Balaban J connectivity index is 1.82. The molecule has 0 aliphatic heterocycles. The number of hydrogen-bond donors (Lipinski definition) is 4. The van der Waals surface area contributed by atoms with Crippen LogP contribution in [0.1, 0.15) is 38.1 Å². The maximum absolute atomic E-state index is 12.8. The summed E-state index contributed by atoms with van der Waals surface area (Å²) in [5.41, 5.74) is 1.45. The predicted octanol–water partition coefficient (Wildman–Crippen LogP) is 1.52. The third kappa shape index (κ3) is 4.96. The summed E-state index contributed by atoms with van der Waals surface area (Å²) in [5, 5.41) is 23.6. The summed E-state index contributed by atoms with van der Waals surface area (Å²) in [6.45, 7) is -0.624. The van der Waals surface area contributed by atoms with Gasteiger partial charge in [0.25, 0.3) is 11.8 Å². The maximum Gasteiger partial charge on any atom is 0.322 e. The lowest BCUT2D eigenvalue weighted by Gasteiger charge is -2.20. The van der Waals surface area contributed by atoms with Crippen molar-refractivity contribution in [2.45, 2.75) is 6.04 Å². The number of carbonyl (C=O) groups excluding carboxylic acids is 2. The van der Waals surface area contributed by atoms with Crippen molar-refractivity contribution in [2.24, 2.45) is 0 Å². The van der Waals surface area contributed by atoms with Crippen LogP contribution in [0.25, 0.3) is 0 Å². The van der Waals surface area contributed by atoms with Gasteiger partial charge in [-0.25, -0.2) is 4.98 Å². The lowest BCUT2D eigenvalue weighted by Crippen LogP contribution is -2.32. The molecule has 1 aromatic heterocycles. The molecule has 9 heteroatoms. The van der Waals surface area contributed by atoms with Gasteiger partial charge in [-0.15, -0.1) is 0 Å². The standard InChI is InChI=1S/C21H18N4O5/c26-16(27)12-23-21(30)18-22-11-15(20(29)25-18)19(28)24-17(13-7-3-1-4-8-13)14-9-5-2-6-10-14/h1-11,17H,12H2,(H,23,30)(H,24,28)(H,26,27)(H,22,25,29). The van der Waals surface area contributed by atoms with E-state index < -0.39 is 42.1 Å². The summed E-state index contributed by atoms with van der Waals surface area (Å²) in [4.78, 5) is 42.5. The van der Waals surface area contributed by atoms with E-state index >= 15 is 0 Å². The zero-order valence-electron chi connectivity index (χ0n) is 15.6. The second-order valence-corrected chi connectivity index (χ2v) is 6.24. The molecule has 0 atom stereocenters. The second-order valence-electron chi connectivity index (χ2n) is 6.24. The van der Waals surface area contributed by atoms with E-state index in [0.29, 0.717) is 0 Å². The Morgan fingerprint density at radius 3 is 1.97 bits per heavy atom. The number of aromatic hydroxyl groups is 1. The molecule has 0 bridgehead atoms. The fourth-order valence-corrected chi connectivity index (χ4v) is 2.74. The van der Waals surface area contributed by atoms with E-state index in [4.69, 9.17) is 5.11 Å². The maximum atomic E-state index is 12.8. The average molecular weight is 406 g/mol. The molecule has 2 aromatic carbocycles. The van der Waals surface area contributed by atoms with Gasteiger partial charge in [-0.05, 0) is 11.1 Å². The molecule has 0 radical (unpaired) electrons. The Morgan fingerprint density at radius 2 is 1.47 bits per heavy atom. The highest BCUT2D eigenvalue weighted by Gasteiger charge is 2.22. The number of rotatable bonds is 7. The molecule has 0 spiro atoms. The zero-order valence-corrected chi connectivity index (χ0v) is 15.6. The van der Waals surface area contributed by atoms with Crippen LogP contribution in [0.2, 0.25) is 0 Å². The van der Waals surface area contributed by atoms with Crippen LogP contribution in [0.4, 0.5) is 0 Å². The highest BCUT2D eigenvalue weighted by Crippen LogP contribution is 2.23. The molecule has 3 rings (SSSR count). The van der Waals surface area contributed by atoms with Gasteiger partial charge >= 0.3 is 5.97 Å². The van der Waals surface area contributed by atoms with Crippen LogP contribution in [0.3, 0.4) is 0 Å². The van der Waals surface area contributed by atoms with Crippen LogP contribution in [-0.2, 0) is 4.79 Å². The highest BCUT2D eigenvalue weighted by molar-refractivity contribution is 5.98. The molecular weight excluding hydrogens is 388 g/mol. The smallest absolute Gasteiger partial charge is 0.322 e. The largest absolute Gasteiger partial charge is 0.493 e. The molecule has 0 fully saturated rings. The zero-order chi connectivity index (χ0) is 21.5. The molecule has 2 amide bonds. The van der Waals surface area contributed by atoms with E-state index in [0.717, 1.165) is 17.3 Å². The van der Waals surface area contributed by atoms with Gasteiger partial charge in [0.2, 0.25) is 11.7 Å². The first-order valence-electron chi connectivity index (χ1n) is 8.92. The number of aliphatic carboxylic acids is 1. The third-order valence-electron chi connectivity index (χ3n) is 4.16. The number of nitrogens with zero attached hydrogens (tertiary/aromatic N) is 2. The van der Waals surface area contributed by atoms with E-state index in [1.807, 2.05) is 60.7 Å². The molecule has 3 aromatic rings. The summed E-state index contributed by atoms with van der Waals surface area (Å²) < 4.78 is 0. The van der Waals surface area contributed by atoms with Gasteiger partial charge in [-0.1, -0.05) is 60.7 Å². The first-order valence-corrected chi connectivity index (χ1v) is 8.92. The molecule has 0 aliphatic rings. The molecule has 30 heavy (non-hydrogen) atoms. The monoisotopic (exact) mass is 406 g/mol. The van der Waals surface area contributed by atoms with Crippen molar-refractivity contribution in [3.8, 4) is 5.88 Å². The number of nitrogens with one attached hydrogen (secondary N) is 2. The predicted molar refractivity (Wildman–Crippen MR) is 106 cm³/mol. The van der Waals surface area contributed by atoms with E-state index in [9.17, 15) is 19.5 Å². The quantitative estimate of drug-likeness (QED) is 0.466. The van der Waals surface area contributed by atoms with E-state index in [1.54, 1.807) is 0 Å². The molecule has 0 saturated heterocycles. The van der Waals surface area contributed by atoms with Gasteiger partial charge in [-0.2, -0.15) is 4.98 Å². The summed E-state index contributed by atoms with van der Waals surface area (Å²) in [6.07, 6.45) is 1.01. The van der Waals surface area contributed by atoms with Crippen molar-refractivity contribution >= 4 is 17.8 Å². The molecule has 4 N–H and O–H groups in total. The van der Waals surface area contributed by atoms with Crippen LogP contribution in [0.15, 0.2) is 66.9 Å². The fraction of sp³-hybridized carbons (Fsp3) is 0.0952.